The van der Waals surface area contributed by atoms with Crippen LogP contribution in [0.2, 0.25) is 0 Å². The first-order valence-corrected chi connectivity index (χ1v) is 9.62. The van der Waals surface area contributed by atoms with Crippen LogP contribution < -0.4 is 10.2 Å². The van der Waals surface area contributed by atoms with Crippen molar-refractivity contribution in [3.05, 3.63) is 34.4 Å². The Morgan fingerprint density at radius 2 is 1.75 bits per heavy atom. The van der Waals surface area contributed by atoms with Crippen LogP contribution in [0.25, 0.3) is 0 Å². The lowest BCUT2D eigenvalue weighted by Crippen LogP contribution is -2.49. The molecule has 2 unspecified atom stereocenters. The zero-order valence-electron chi connectivity index (χ0n) is 15.8. The lowest BCUT2D eigenvalue weighted by molar-refractivity contribution is -0.384. The van der Waals surface area contributed by atoms with E-state index in [9.17, 15) is 14.9 Å². The summed E-state index contributed by atoms with van der Waals surface area (Å²) in [5.74, 6) is 0.797. The molecule has 1 amide bonds. The first-order valence-electron chi connectivity index (χ1n) is 9.62. The number of anilines is 1. The number of amides is 1. The van der Waals surface area contributed by atoms with E-state index in [1.165, 1.54) is 18.9 Å². The summed E-state index contributed by atoms with van der Waals surface area (Å²) < 4.78 is 0. The average molecular weight is 431 g/mol. The van der Waals surface area contributed by atoms with Gasteiger partial charge in [0.05, 0.1) is 4.92 Å². The van der Waals surface area contributed by atoms with Gasteiger partial charge < -0.3 is 15.1 Å². The Labute approximate surface area is 177 Å². The van der Waals surface area contributed by atoms with Gasteiger partial charge in [-0.25, -0.2) is 0 Å². The summed E-state index contributed by atoms with van der Waals surface area (Å²) in [6, 6.07) is 7.98. The van der Waals surface area contributed by atoms with E-state index in [0.29, 0.717) is 37.5 Å². The molecule has 1 aromatic rings. The van der Waals surface area contributed by atoms with Gasteiger partial charge in [0, 0.05) is 62.5 Å². The molecule has 9 heteroatoms. The Morgan fingerprint density at radius 3 is 2.36 bits per heavy atom. The van der Waals surface area contributed by atoms with Crippen LogP contribution in [-0.4, -0.2) is 54.0 Å². The van der Waals surface area contributed by atoms with Crippen LogP contribution in [0.3, 0.4) is 0 Å². The number of hydrogen-bond donors (Lipinski definition) is 1. The molecule has 0 aliphatic carbocycles. The topological polar surface area (TPSA) is 78.7 Å². The molecular weight excluding hydrogens is 403 g/mol. The van der Waals surface area contributed by atoms with Crippen molar-refractivity contribution in [2.45, 2.75) is 44.2 Å². The number of carbonyl (C=O) groups excluding carboxylic acids is 1. The normalized spacial score (nSPS) is 26.2. The van der Waals surface area contributed by atoms with Crippen LogP contribution >= 0.6 is 24.8 Å². The number of hydrogen-bond acceptors (Lipinski definition) is 5. The number of carbonyl (C=O) groups is 1. The van der Waals surface area contributed by atoms with E-state index >= 15 is 0 Å². The Kier molecular flexibility index (Phi) is 7.92. The quantitative estimate of drug-likeness (QED) is 0.586. The predicted molar refractivity (Wildman–Crippen MR) is 114 cm³/mol. The Balaban J connectivity index is 0.00000140. The number of nitrogens with zero attached hydrogens (tertiary/aromatic N) is 3. The molecule has 3 saturated heterocycles. The summed E-state index contributed by atoms with van der Waals surface area (Å²) in [6.45, 7) is 2.84. The Bertz CT molecular complexity index is 686. The molecule has 28 heavy (non-hydrogen) atoms. The van der Waals surface area contributed by atoms with Crippen molar-refractivity contribution in [3.8, 4) is 0 Å². The second kappa shape index (κ2) is 9.76. The van der Waals surface area contributed by atoms with E-state index in [-0.39, 0.29) is 41.3 Å². The van der Waals surface area contributed by atoms with E-state index in [4.69, 9.17) is 0 Å². The smallest absolute Gasteiger partial charge is 0.271 e. The number of rotatable bonds is 4. The molecule has 3 aliphatic heterocycles. The second-order valence-electron chi connectivity index (χ2n) is 7.82. The molecule has 0 radical (unpaired) electrons. The van der Waals surface area contributed by atoms with Crippen molar-refractivity contribution >= 4 is 42.1 Å². The maximum Gasteiger partial charge on any atom is 0.271 e. The molecule has 0 spiro atoms. The van der Waals surface area contributed by atoms with Crippen molar-refractivity contribution in [3.63, 3.8) is 0 Å². The Hall–Kier alpha value is -1.57. The largest absolute Gasteiger partial charge is 0.368 e. The molecule has 4 rings (SSSR count). The highest BCUT2D eigenvalue weighted by Gasteiger charge is 2.35. The summed E-state index contributed by atoms with van der Waals surface area (Å²) in [5, 5.41) is 14.6. The monoisotopic (exact) mass is 430 g/mol. The van der Waals surface area contributed by atoms with Gasteiger partial charge >= 0.3 is 0 Å². The molecule has 2 bridgehead atoms. The zero-order chi connectivity index (χ0) is 18.1. The van der Waals surface area contributed by atoms with Crippen LogP contribution in [0.1, 0.15) is 32.1 Å². The third kappa shape index (κ3) is 5.07. The SMILES string of the molecule is Cl.Cl.O=C(CC1CC2CCC(C1)N2)N1CCN(c2cccc([N+](=O)[O-])c2)CC1. The zero-order valence-corrected chi connectivity index (χ0v) is 17.4. The number of piperidine rings is 1. The highest BCUT2D eigenvalue weighted by molar-refractivity contribution is 5.85. The number of nitro groups is 1. The van der Waals surface area contributed by atoms with E-state index in [2.05, 4.69) is 10.2 Å². The van der Waals surface area contributed by atoms with Crippen molar-refractivity contribution in [2.75, 3.05) is 31.1 Å². The molecule has 0 saturated carbocycles. The maximum atomic E-state index is 12.7. The predicted octanol–water partition coefficient (Wildman–Crippen LogP) is 3.01. The second-order valence-corrected chi connectivity index (χ2v) is 7.82. The van der Waals surface area contributed by atoms with Gasteiger partial charge in [0.25, 0.3) is 5.69 Å². The summed E-state index contributed by atoms with van der Waals surface area (Å²) in [5.41, 5.74) is 0.975. The van der Waals surface area contributed by atoms with E-state index in [1.54, 1.807) is 12.1 Å². The van der Waals surface area contributed by atoms with Gasteiger partial charge in [-0.1, -0.05) is 6.07 Å². The molecule has 3 fully saturated rings. The third-order valence-electron chi connectivity index (χ3n) is 6.07. The van der Waals surface area contributed by atoms with E-state index in [1.807, 2.05) is 11.0 Å². The molecule has 3 heterocycles. The molecule has 1 N–H and O–H groups in total. The minimum Gasteiger partial charge on any atom is -0.368 e. The molecule has 1 aromatic carbocycles. The van der Waals surface area contributed by atoms with Crippen molar-refractivity contribution in [1.82, 2.24) is 10.2 Å². The van der Waals surface area contributed by atoms with Crippen LogP contribution in [0.4, 0.5) is 11.4 Å². The Morgan fingerprint density at radius 1 is 1.11 bits per heavy atom. The van der Waals surface area contributed by atoms with Gasteiger partial charge in [0.15, 0.2) is 0 Å². The number of halogens is 2. The number of benzene rings is 1. The van der Waals surface area contributed by atoms with Gasteiger partial charge in [0.1, 0.15) is 0 Å². The maximum absolute atomic E-state index is 12.7. The summed E-state index contributed by atoms with van der Waals surface area (Å²) in [7, 11) is 0. The van der Waals surface area contributed by atoms with Crippen LogP contribution in [0.5, 0.6) is 0 Å². The summed E-state index contributed by atoms with van der Waals surface area (Å²) >= 11 is 0. The lowest BCUT2D eigenvalue weighted by atomic mass is 9.89. The number of nitrogens with one attached hydrogen (secondary N) is 1. The van der Waals surface area contributed by atoms with Gasteiger partial charge in [0.2, 0.25) is 5.91 Å². The molecule has 2 atom stereocenters. The highest BCUT2D eigenvalue weighted by Crippen LogP contribution is 2.33. The molecule has 3 aliphatic rings. The fraction of sp³-hybridized carbons (Fsp3) is 0.632. The van der Waals surface area contributed by atoms with Crippen molar-refractivity contribution in [2.24, 2.45) is 5.92 Å². The average Bonchev–Trinajstić information content (AvgIpc) is 3.00. The van der Waals surface area contributed by atoms with E-state index in [0.717, 1.165) is 31.6 Å². The van der Waals surface area contributed by atoms with E-state index < -0.39 is 0 Å². The summed E-state index contributed by atoms with van der Waals surface area (Å²) in [4.78, 5) is 27.4. The minimum atomic E-state index is -0.366. The highest BCUT2D eigenvalue weighted by atomic mass is 35.5. The fourth-order valence-corrected chi connectivity index (χ4v) is 4.74. The lowest BCUT2D eigenvalue weighted by Gasteiger charge is -2.37. The molecule has 156 valence electrons. The van der Waals surface area contributed by atoms with Gasteiger partial charge in [-0.2, -0.15) is 0 Å². The van der Waals surface area contributed by atoms with Gasteiger partial charge in [-0.3, -0.25) is 14.9 Å². The van der Waals surface area contributed by atoms with Gasteiger partial charge in [-0.15, -0.1) is 24.8 Å². The first-order chi connectivity index (χ1) is 12.6. The van der Waals surface area contributed by atoms with Crippen molar-refractivity contribution in [1.29, 1.82) is 0 Å². The molecular formula is C19H28Cl2N4O3. The molecule has 7 nitrogen and oxygen atoms in total. The minimum absolute atomic E-state index is 0. The van der Waals surface area contributed by atoms with Gasteiger partial charge in [-0.05, 0) is 37.7 Å². The molecule has 0 aromatic heterocycles. The fourth-order valence-electron chi connectivity index (χ4n) is 4.74. The van der Waals surface area contributed by atoms with Crippen LogP contribution in [0.15, 0.2) is 24.3 Å². The standard InChI is InChI=1S/C19H26N4O3.2ClH/c24-19(12-14-10-15-4-5-16(11-14)20-15)22-8-6-21(7-9-22)17-2-1-3-18(13-17)23(25)26;;/h1-3,13-16,20H,4-12H2;2*1H. The number of nitro benzene ring substituents is 1. The third-order valence-corrected chi connectivity index (χ3v) is 6.07. The number of piperazine rings is 1. The summed E-state index contributed by atoms with van der Waals surface area (Å²) in [6.07, 6.45) is 5.46. The van der Waals surface area contributed by atoms with Crippen molar-refractivity contribution < 1.29 is 9.72 Å². The number of non-ortho nitro benzene ring substituents is 1. The number of fused-ring (bicyclic) bond motifs is 2. The van der Waals surface area contributed by atoms with Crippen LogP contribution in [-0.2, 0) is 4.79 Å². The van der Waals surface area contributed by atoms with Crippen LogP contribution in [0, 0.1) is 16.0 Å². The first kappa shape index (κ1) is 22.7.